The van der Waals surface area contributed by atoms with Gasteiger partial charge in [-0.05, 0) is 36.1 Å². The summed E-state index contributed by atoms with van der Waals surface area (Å²) in [6.07, 6.45) is 1.36. The van der Waals surface area contributed by atoms with Crippen molar-refractivity contribution in [2.45, 2.75) is 18.8 Å². The number of rotatable bonds is 1. The van der Waals surface area contributed by atoms with Crippen LogP contribution in [0.4, 0.5) is 0 Å². The molecule has 2 nitrogen and oxygen atoms in total. The Labute approximate surface area is 91.4 Å². The van der Waals surface area contributed by atoms with E-state index in [1.165, 1.54) is 0 Å². The van der Waals surface area contributed by atoms with Gasteiger partial charge in [-0.3, -0.25) is 4.79 Å². The number of fused-ring (bicyclic) bond motifs is 1. The van der Waals surface area contributed by atoms with Crippen LogP contribution in [-0.4, -0.2) is 11.1 Å². The Morgan fingerprint density at radius 2 is 2.14 bits per heavy atom. The Kier molecular flexibility index (Phi) is 2.41. The lowest BCUT2D eigenvalue weighted by atomic mass is 10.0. The van der Waals surface area contributed by atoms with Gasteiger partial charge in [-0.15, -0.1) is 0 Å². The summed E-state index contributed by atoms with van der Waals surface area (Å²) in [5, 5.41) is 10.0. The van der Waals surface area contributed by atoms with Gasteiger partial charge >= 0.3 is 5.97 Å². The summed E-state index contributed by atoms with van der Waals surface area (Å²) in [5.74, 6) is -1.28. The van der Waals surface area contributed by atoms with Crippen LogP contribution in [0.5, 0.6) is 0 Å². The van der Waals surface area contributed by atoms with Crippen molar-refractivity contribution in [2.75, 3.05) is 0 Å². The number of halogens is 2. The summed E-state index contributed by atoms with van der Waals surface area (Å²) < 4.78 is 0. The summed E-state index contributed by atoms with van der Waals surface area (Å²) >= 11 is 11.8. The third-order valence-electron chi connectivity index (χ3n) is 2.53. The van der Waals surface area contributed by atoms with Crippen molar-refractivity contribution in [3.63, 3.8) is 0 Å². The zero-order chi connectivity index (χ0) is 10.3. The van der Waals surface area contributed by atoms with Crippen molar-refractivity contribution in [1.82, 2.24) is 0 Å². The predicted molar refractivity (Wildman–Crippen MR) is 55.2 cm³/mol. The first kappa shape index (κ1) is 9.81. The molecule has 0 saturated carbocycles. The fourth-order valence-electron chi connectivity index (χ4n) is 1.93. The first-order chi connectivity index (χ1) is 6.59. The van der Waals surface area contributed by atoms with Gasteiger partial charge in [0.1, 0.15) is 0 Å². The highest BCUT2D eigenvalue weighted by molar-refractivity contribution is 6.35. The van der Waals surface area contributed by atoms with Crippen molar-refractivity contribution in [3.8, 4) is 0 Å². The summed E-state index contributed by atoms with van der Waals surface area (Å²) in [7, 11) is 0. The average molecular weight is 231 g/mol. The molecule has 0 heterocycles. The van der Waals surface area contributed by atoms with E-state index in [1.54, 1.807) is 12.1 Å². The minimum absolute atomic E-state index is 0.463. The maximum atomic E-state index is 10.9. The van der Waals surface area contributed by atoms with E-state index in [0.717, 1.165) is 17.5 Å². The largest absolute Gasteiger partial charge is 0.481 e. The highest BCUT2D eigenvalue weighted by Crippen LogP contribution is 2.39. The lowest BCUT2D eigenvalue weighted by molar-refractivity contribution is -0.138. The molecule has 0 aliphatic heterocycles. The van der Waals surface area contributed by atoms with Gasteiger partial charge in [0, 0.05) is 10.0 Å². The molecular weight excluding hydrogens is 223 g/mol. The van der Waals surface area contributed by atoms with Gasteiger partial charge in [-0.1, -0.05) is 23.2 Å². The summed E-state index contributed by atoms with van der Waals surface area (Å²) in [6, 6.07) is 3.40. The molecule has 1 aromatic carbocycles. The third kappa shape index (κ3) is 1.49. The molecule has 0 spiro atoms. The van der Waals surface area contributed by atoms with Crippen LogP contribution in [0.15, 0.2) is 12.1 Å². The Hall–Kier alpha value is -0.730. The molecule has 4 heteroatoms. The SMILES string of the molecule is O=C(O)[C@H]1CCc2cc(Cl)cc(Cl)c21. The van der Waals surface area contributed by atoms with E-state index in [0.29, 0.717) is 16.5 Å². The van der Waals surface area contributed by atoms with Crippen LogP contribution < -0.4 is 0 Å². The van der Waals surface area contributed by atoms with E-state index in [2.05, 4.69) is 0 Å². The first-order valence-electron chi connectivity index (χ1n) is 4.30. The molecule has 0 amide bonds. The van der Waals surface area contributed by atoms with Gasteiger partial charge in [0.05, 0.1) is 5.92 Å². The highest BCUT2D eigenvalue weighted by atomic mass is 35.5. The molecule has 1 N–H and O–H groups in total. The molecule has 2 rings (SSSR count). The number of carbonyl (C=O) groups is 1. The predicted octanol–water partition coefficient (Wildman–Crippen LogP) is 3.11. The van der Waals surface area contributed by atoms with E-state index < -0.39 is 11.9 Å². The molecule has 1 aromatic rings. The van der Waals surface area contributed by atoms with Gasteiger partial charge in [0.2, 0.25) is 0 Å². The molecule has 0 radical (unpaired) electrons. The van der Waals surface area contributed by atoms with Crippen molar-refractivity contribution in [3.05, 3.63) is 33.3 Å². The van der Waals surface area contributed by atoms with E-state index in [4.69, 9.17) is 28.3 Å². The van der Waals surface area contributed by atoms with Crippen molar-refractivity contribution in [2.24, 2.45) is 0 Å². The van der Waals surface area contributed by atoms with Crippen LogP contribution in [0.3, 0.4) is 0 Å². The number of aryl methyl sites for hydroxylation is 1. The normalized spacial score (nSPS) is 19.4. The number of hydrogen-bond acceptors (Lipinski definition) is 1. The highest BCUT2D eigenvalue weighted by Gasteiger charge is 2.30. The molecule has 14 heavy (non-hydrogen) atoms. The van der Waals surface area contributed by atoms with Crippen molar-refractivity contribution >= 4 is 29.2 Å². The second-order valence-corrected chi connectivity index (χ2v) is 4.23. The minimum Gasteiger partial charge on any atom is -0.481 e. The number of carboxylic acid groups (broad SMARTS) is 1. The van der Waals surface area contributed by atoms with Crippen molar-refractivity contribution < 1.29 is 9.90 Å². The Balaban J connectivity index is 2.54. The lowest BCUT2D eigenvalue weighted by Crippen LogP contribution is -2.08. The molecule has 0 unspecified atom stereocenters. The van der Waals surface area contributed by atoms with Gasteiger partial charge in [-0.2, -0.15) is 0 Å². The molecule has 0 saturated heterocycles. The smallest absolute Gasteiger partial charge is 0.311 e. The van der Waals surface area contributed by atoms with Crippen molar-refractivity contribution in [1.29, 1.82) is 0 Å². The lowest BCUT2D eigenvalue weighted by Gasteiger charge is -2.08. The zero-order valence-corrected chi connectivity index (χ0v) is 8.77. The number of aliphatic carboxylic acids is 1. The molecule has 1 aliphatic rings. The fraction of sp³-hybridized carbons (Fsp3) is 0.300. The van der Waals surface area contributed by atoms with E-state index in [1.807, 2.05) is 0 Å². The van der Waals surface area contributed by atoms with Gasteiger partial charge in [-0.25, -0.2) is 0 Å². The molecule has 74 valence electrons. The average Bonchev–Trinajstić information content (AvgIpc) is 2.47. The van der Waals surface area contributed by atoms with Crippen LogP contribution in [0, 0.1) is 0 Å². The molecule has 0 fully saturated rings. The monoisotopic (exact) mass is 230 g/mol. The van der Waals surface area contributed by atoms with Gasteiger partial charge in [0.25, 0.3) is 0 Å². The maximum absolute atomic E-state index is 10.9. The molecule has 1 atom stereocenters. The van der Waals surface area contributed by atoms with E-state index in [9.17, 15) is 4.79 Å². The Morgan fingerprint density at radius 1 is 1.43 bits per heavy atom. The second kappa shape index (κ2) is 3.44. The van der Waals surface area contributed by atoms with Crippen LogP contribution >= 0.6 is 23.2 Å². The summed E-state index contributed by atoms with van der Waals surface area (Å²) in [6.45, 7) is 0. The third-order valence-corrected chi connectivity index (χ3v) is 3.06. The van der Waals surface area contributed by atoms with Gasteiger partial charge in [0.15, 0.2) is 0 Å². The Bertz CT molecular complexity index is 401. The van der Waals surface area contributed by atoms with Crippen LogP contribution in [0.25, 0.3) is 0 Å². The number of benzene rings is 1. The molecule has 0 bridgehead atoms. The topological polar surface area (TPSA) is 37.3 Å². The maximum Gasteiger partial charge on any atom is 0.311 e. The van der Waals surface area contributed by atoms with Crippen LogP contribution in [0.2, 0.25) is 10.0 Å². The minimum atomic E-state index is -0.812. The Morgan fingerprint density at radius 3 is 2.79 bits per heavy atom. The number of hydrogen-bond donors (Lipinski definition) is 1. The summed E-state index contributed by atoms with van der Waals surface area (Å²) in [4.78, 5) is 10.9. The van der Waals surface area contributed by atoms with E-state index in [-0.39, 0.29) is 0 Å². The quantitative estimate of drug-likeness (QED) is 0.806. The molecule has 1 aliphatic carbocycles. The second-order valence-electron chi connectivity index (χ2n) is 3.39. The zero-order valence-electron chi connectivity index (χ0n) is 7.26. The summed E-state index contributed by atoms with van der Waals surface area (Å²) in [5.41, 5.74) is 1.71. The van der Waals surface area contributed by atoms with E-state index >= 15 is 0 Å². The van der Waals surface area contributed by atoms with Crippen LogP contribution in [0.1, 0.15) is 23.5 Å². The molecule has 0 aromatic heterocycles. The van der Waals surface area contributed by atoms with Crippen LogP contribution in [-0.2, 0) is 11.2 Å². The standard InChI is InChI=1S/C10H8Cl2O2/c11-6-3-5-1-2-7(10(13)14)9(5)8(12)4-6/h3-4,7H,1-2H2,(H,13,14)/t7-/m0/s1. The fourth-order valence-corrected chi connectivity index (χ4v) is 2.59. The number of carboxylic acids is 1. The molecular formula is C10H8Cl2O2. The first-order valence-corrected chi connectivity index (χ1v) is 5.06. The van der Waals surface area contributed by atoms with Gasteiger partial charge < -0.3 is 5.11 Å².